The number of aliphatic hydroxyl groups is 1. The molecule has 9 heteroatoms. The molecule has 1 atom stereocenters. The smallest absolute Gasteiger partial charge is 0.423 e. The Kier molecular flexibility index (Phi) is 6.63. The number of benzene rings is 2. The van der Waals surface area contributed by atoms with Gasteiger partial charge in [-0.1, -0.05) is 30.3 Å². The third-order valence-electron chi connectivity index (χ3n) is 3.85. The van der Waals surface area contributed by atoms with E-state index in [9.17, 15) is 27.9 Å². The van der Waals surface area contributed by atoms with Crippen molar-refractivity contribution < 1.29 is 32.6 Å². The van der Waals surface area contributed by atoms with Gasteiger partial charge in [-0.2, -0.15) is 13.2 Å². The number of nitrogens with one attached hydrogen (secondary N) is 2. The number of ether oxygens (including phenoxy) is 1. The van der Waals surface area contributed by atoms with Crippen molar-refractivity contribution in [3.63, 3.8) is 0 Å². The number of carbonyl (C=O) groups is 2. The Labute approximate surface area is 159 Å². The summed E-state index contributed by atoms with van der Waals surface area (Å²) in [5.41, 5.74) is -3.52. The van der Waals surface area contributed by atoms with Crippen LogP contribution in [0.4, 0.5) is 18.9 Å². The highest BCUT2D eigenvalue weighted by molar-refractivity contribution is 6.39. The van der Waals surface area contributed by atoms with Gasteiger partial charge in [-0.3, -0.25) is 9.59 Å². The topological polar surface area (TPSA) is 87.7 Å². The van der Waals surface area contributed by atoms with Gasteiger partial charge in [0.25, 0.3) is 0 Å². The van der Waals surface area contributed by atoms with Gasteiger partial charge in [0.2, 0.25) is 5.60 Å². The quantitative estimate of drug-likeness (QED) is 0.655. The first-order valence-corrected chi connectivity index (χ1v) is 8.34. The van der Waals surface area contributed by atoms with Gasteiger partial charge in [-0.05, 0) is 36.8 Å². The van der Waals surface area contributed by atoms with E-state index in [1.807, 2.05) is 5.32 Å². The maximum absolute atomic E-state index is 13.4. The molecule has 2 rings (SSSR count). The van der Waals surface area contributed by atoms with Crippen molar-refractivity contribution in [1.82, 2.24) is 5.32 Å². The molecule has 0 heterocycles. The van der Waals surface area contributed by atoms with Crippen LogP contribution in [0.2, 0.25) is 0 Å². The molecule has 0 radical (unpaired) electrons. The highest BCUT2D eigenvalue weighted by Gasteiger charge is 2.55. The van der Waals surface area contributed by atoms with E-state index in [2.05, 4.69) is 5.32 Å². The number of halogens is 3. The number of carbonyl (C=O) groups excluding carboxylic acids is 2. The first-order valence-electron chi connectivity index (χ1n) is 8.34. The van der Waals surface area contributed by atoms with Crippen LogP contribution in [0.5, 0.6) is 5.75 Å². The van der Waals surface area contributed by atoms with Crippen molar-refractivity contribution in [1.29, 1.82) is 0 Å². The number of rotatable bonds is 6. The number of amides is 2. The molecule has 2 amide bonds. The van der Waals surface area contributed by atoms with Gasteiger partial charge in [0.15, 0.2) is 0 Å². The van der Waals surface area contributed by atoms with E-state index < -0.39 is 35.7 Å². The number of hydrogen-bond donors (Lipinski definition) is 3. The molecule has 0 aliphatic rings. The molecular weight excluding hydrogens is 377 g/mol. The van der Waals surface area contributed by atoms with Crippen molar-refractivity contribution in [2.45, 2.75) is 18.7 Å². The largest absolute Gasteiger partial charge is 0.494 e. The highest BCUT2D eigenvalue weighted by Crippen LogP contribution is 2.38. The van der Waals surface area contributed by atoms with Gasteiger partial charge in [0, 0.05) is 5.69 Å². The van der Waals surface area contributed by atoms with Gasteiger partial charge in [0.1, 0.15) is 5.75 Å². The lowest BCUT2D eigenvalue weighted by atomic mass is 9.93. The van der Waals surface area contributed by atoms with Crippen LogP contribution >= 0.6 is 0 Å². The Morgan fingerprint density at radius 3 is 2.14 bits per heavy atom. The molecule has 0 bridgehead atoms. The standard InChI is InChI=1S/C19H19F3N2O4/c1-2-28-15-10-8-14(9-11-15)24-17(26)16(25)23-12-18(27,19(20,21)22)13-6-4-3-5-7-13/h3-11,27H,2,12H2,1H3,(H,23,25)(H,24,26). The lowest BCUT2D eigenvalue weighted by molar-refractivity contribution is -0.264. The average molecular weight is 396 g/mol. The minimum atomic E-state index is -5.06. The van der Waals surface area contributed by atoms with Crippen molar-refractivity contribution >= 4 is 17.5 Å². The van der Waals surface area contributed by atoms with E-state index in [-0.39, 0.29) is 5.69 Å². The van der Waals surface area contributed by atoms with Gasteiger partial charge in [-0.25, -0.2) is 0 Å². The molecule has 0 aliphatic heterocycles. The third kappa shape index (κ3) is 5.01. The summed E-state index contributed by atoms with van der Waals surface area (Å²) in [5, 5.41) is 14.2. The zero-order valence-corrected chi connectivity index (χ0v) is 14.9. The summed E-state index contributed by atoms with van der Waals surface area (Å²) in [5.74, 6) is -1.92. The average Bonchev–Trinajstić information content (AvgIpc) is 2.67. The fourth-order valence-electron chi connectivity index (χ4n) is 2.36. The molecule has 0 saturated carbocycles. The molecule has 6 nitrogen and oxygen atoms in total. The first-order chi connectivity index (χ1) is 13.2. The predicted octanol–water partition coefficient (Wildman–Crippen LogP) is 2.59. The summed E-state index contributed by atoms with van der Waals surface area (Å²) < 4.78 is 45.4. The molecule has 2 aromatic rings. The SMILES string of the molecule is CCOc1ccc(NC(=O)C(=O)NCC(O)(c2ccccc2)C(F)(F)F)cc1. The Balaban J connectivity index is 2.03. The van der Waals surface area contributed by atoms with Crippen LogP contribution in [0.25, 0.3) is 0 Å². The van der Waals surface area contributed by atoms with Crippen LogP contribution in [0.1, 0.15) is 12.5 Å². The fourth-order valence-corrected chi connectivity index (χ4v) is 2.36. The predicted molar refractivity (Wildman–Crippen MR) is 95.6 cm³/mol. The van der Waals surface area contributed by atoms with Crippen LogP contribution in [0, 0.1) is 0 Å². The maximum atomic E-state index is 13.4. The summed E-state index contributed by atoms with van der Waals surface area (Å²) >= 11 is 0. The minimum Gasteiger partial charge on any atom is -0.494 e. The van der Waals surface area contributed by atoms with E-state index >= 15 is 0 Å². The second-order valence-electron chi connectivity index (χ2n) is 5.82. The normalized spacial score (nSPS) is 13.3. The monoisotopic (exact) mass is 396 g/mol. The molecule has 3 N–H and O–H groups in total. The van der Waals surface area contributed by atoms with Gasteiger partial charge in [0.05, 0.1) is 13.2 Å². The molecule has 0 fully saturated rings. The Bertz CT molecular complexity index is 810. The zero-order chi connectivity index (χ0) is 20.8. The number of hydrogen-bond acceptors (Lipinski definition) is 4. The number of anilines is 1. The summed E-state index contributed by atoms with van der Waals surface area (Å²) in [6, 6.07) is 12.4. The molecule has 0 saturated heterocycles. The second kappa shape index (κ2) is 8.75. The molecule has 0 aromatic heterocycles. The molecule has 150 valence electrons. The summed E-state index contributed by atoms with van der Waals surface area (Å²) in [6.45, 7) is 1.05. The van der Waals surface area contributed by atoms with Crippen LogP contribution in [-0.2, 0) is 15.2 Å². The van der Waals surface area contributed by atoms with Gasteiger partial charge in [-0.15, -0.1) is 0 Å². The zero-order valence-electron chi connectivity index (χ0n) is 14.9. The maximum Gasteiger partial charge on any atom is 0.423 e. The Morgan fingerprint density at radius 2 is 1.61 bits per heavy atom. The number of alkyl halides is 3. The summed E-state index contributed by atoms with van der Waals surface area (Å²) in [4.78, 5) is 23.8. The van der Waals surface area contributed by atoms with E-state index in [1.165, 1.54) is 30.3 Å². The highest BCUT2D eigenvalue weighted by atomic mass is 19.4. The van der Waals surface area contributed by atoms with Crippen molar-refractivity contribution in [3.8, 4) is 5.75 Å². The fraction of sp³-hybridized carbons (Fsp3) is 0.263. The van der Waals surface area contributed by atoms with Crippen LogP contribution in [0.3, 0.4) is 0 Å². The second-order valence-corrected chi connectivity index (χ2v) is 5.82. The van der Waals surface area contributed by atoms with Crippen molar-refractivity contribution in [2.24, 2.45) is 0 Å². The van der Waals surface area contributed by atoms with Crippen LogP contribution in [-0.4, -0.2) is 36.2 Å². The third-order valence-corrected chi connectivity index (χ3v) is 3.85. The Hall–Kier alpha value is -3.07. The lowest BCUT2D eigenvalue weighted by Crippen LogP contribution is -2.52. The van der Waals surface area contributed by atoms with E-state index in [1.54, 1.807) is 19.1 Å². The first kappa shape index (κ1) is 21.2. The van der Waals surface area contributed by atoms with Crippen LogP contribution < -0.4 is 15.4 Å². The van der Waals surface area contributed by atoms with Crippen molar-refractivity contribution in [3.05, 3.63) is 60.2 Å². The van der Waals surface area contributed by atoms with E-state index in [0.29, 0.717) is 12.4 Å². The van der Waals surface area contributed by atoms with Gasteiger partial charge >= 0.3 is 18.0 Å². The van der Waals surface area contributed by atoms with Crippen LogP contribution in [0.15, 0.2) is 54.6 Å². The van der Waals surface area contributed by atoms with E-state index in [0.717, 1.165) is 12.1 Å². The Morgan fingerprint density at radius 1 is 1.00 bits per heavy atom. The molecule has 0 aliphatic carbocycles. The van der Waals surface area contributed by atoms with Gasteiger partial charge < -0.3 is 20.5 Å². The molecule has 2 aromatic carbocycles. The summed E-state index contributed by atoms with van der Waals surface area (Å²) in [7, 11) is 0. The molecule has 1 unspecified atom stereocenters. The lowest BCUT2D eigenvalue weighted by Gasteiger charge is -2.31. The van der Waals surface area contributed by atoms with E-state index in [4.69, 9.17) is 4.74 Å². The molecule has 0 spiro atoms. The minimum absolute atomic E-state index is 0.262. The molecular formula is C19H19F3N2O4. The molecule has 28 heavy (non-hydrogen) atoms. The van der Waals surface area contributed by atoms with Crippen molar-refractivity contribution in [2.75, 3.05) is 18.5 Å². The summed E-state index contributed by atoms with van der Waals surface area (Å²) in [6.07, 6.45) is -5.06.